The third kappa shape index (κ3) is 2.95. The van der Waals surface area contributed by atoms with Crippen molar-refractivity contribution < 1.29 is 14.3 Å². The Morgan fingerprint density at radius 1 is 1.20 bits per heavy atom. The van der Waals surface area contributed by atoms with Crippen LogP contribution in [0.4, 0.5) is 4.39 Å². The summed E-state index contributed by atoms with van der Waals surface area (Å²) < 4.78 is 18.8. The van der Waals surface area contributed by atoms with Crippen LogP contribution in [0.5, 0.6) is 11.5 Å². The first-order chi connectivity index (χ1) is 9.52. The third-order valence-corrected chi connectivity index (χ3v) is 3.26. The monoisotopic (exact) mass is 314 g/mol. The average Bonchev–Trinajstić information content (AvgIpc) is 2.44. The van der Waals surface area contributed by atoms with E-state index < -0.39 is 5.82 Å². The molecule has 0 atom stereocenters. The molecule has 20 heavy (non-hydrogen) atoms. The number of ether oxygens (including phenoxy) is 1. The predicted octanol–water partition coefficient (Wildman–Crippen LogP) is 4.02. The molecule has 2 rings (SSSR count). The second-order valence-electron chi connectivity index (χ2n) is 3.78. The highest BCUT2D eigenvalue weighted by Crippen LogP contribution is 2.35. The molecule has 0 saturated carbocycles. The van der Waals surface area contributed by atoms with E-state index in [4.69, 9.17) is 38.9 Å². The van der Waals surface area contributed by atoms with Crippen LogP contribution in [0.15, 0.2) is 41.6 Å². The summed E-state index contributed by atoms with van der Waals surface area (Å²) in [6.45, 7) is 0. The van der Waals surface area contributed by atoms with Gasteiger partial charge in [0.25, 0.3) is 0 Å². The zero-order valence-electron chi connectivity index (χ0n) is 9.98. The van der Waals surface area contributed by atoms with Gasteiger partial charge in [0.05, 0.1) is 10.6 Å². The Morgan fingerprint density at radius 2 is 1.95 bits per heavy atom. The van der Waals surface area contributed by atoms with Gasteiger partial charge in [-0.1, -0.05) is 34.4 Å². The highest BCUT2D eigenvalue weighted by atomic mass is 35.5. The van der Waals surface area contributed by atoms with Crippen molar-refractivity contribution in [3.63, 3.8) is 0 Å². The van der Waals surface area contributed by atoms with Crippen molar-refractivity contribution in [2.24, 2.45) is 10.9 Å². The minimum atomic E-state index is -0.545. The van der Waals surface area contributed by atoms with Crippen LogP contribution < -0.4 is 10.5 Å². The van der Waals surface area contributed by atoms with Gasteiger partial charge in [0.1, 0.15) is 22.3 Å². The standard InChI is InChI=1S/C13H9Cl2FN2O2/c14-9-2-1-3-11(12(9)15)20-10-5-4-7(16)6-8(10)13(17)18-19/h1-6,19H,(H2,17,18). The number of nitrogens with two attached hydrogens (primary N) is 1. The number of nitrogens with zero attached hydrogens (tertiary/aromatic N) is 1. The number of benzene rings is 2. The molecule has 0 amide bonds. The largest absolute Gasteiger partial charge is 0.455 e. The van der Waals surface area contributed by atoms with Crippen LogP contribution in [0.2, 0.25) is 10.0 Å². The van der Waals surface area contributed by atoms with Gasteiger partial charge in [-0.05, 0) is 30.3 Å². The molecule has 0 unspecified atom stereocenters. The summed E-state index contributed by atoms with van der Waals surface area (Å²) in [6, 6.07) is 8.46. The van der Waals surface area contributed by atoms with Gasteiger partial charge in [0, 0.05) is 0 Å². The number of hydrogen-bond acceptors (Lipinski definition) is 3. The minimum Gasteiger partial charge on any atom is -0.455 e. The summed E-state index contributed by atoms with van der Waals surface area (Å²) in [6.07, 6.45) is 0. The quantitative estimate of drug-likeness (QED) is 0.389. The second-order valence-corrected chi connectivity index (χ2v) is 4.56. The van der Waals surface area contributed by atoms with E-state index in [2.05, 4.69) is 5.16 Å². The Morgan fingerprint density at radius 3 is 2.65 bits per heavy atom. The third-order valence-electron chi connectivity index (χ3n) is 2.46. The Balaban J connectivity index is 2.46. The van der Waals surface area contributed by atoms with Crippen LogP contribution in [-0.2, 0) is 0 Å². The predicted molar refractivity (Wildman–Crippen MR) is 75.4 cm³/mol. The van der Waals surface area contributed by atoms with E-state index in [0.29, 0.717) is 5.02 Å². The van der Waals surface area contributed by atoms with E-state index in [-0.39, 0.29) is 27.9 Å². The van der Waals surface area contributed by atoms with E-state index in [1.165, 1.54) is 12.1 Å². The number of oxime groups is 1. The maximum atomic E-state index is 13.2. The van der Waals surface area contributed by atoms with E-state index >= 15 is 0 Å². The Kier molecular flexibility index (Phi) is 4.32. The fourth-order valence-electron chi connectivity index (χ4n) is 1.53. The van der Waals surface area contributed by atoms with Crippen LogP contribution in [0.3, 0.4) is 0 Å². The maximum absolute atomic E-state index is 13.2. The molecule has 0 aromatic heterocycles. The molecule has 3 N–H and O–H groups in total. The van der Waals surface area contributed by atoms with Gasteiger partial charge in [-0.15, -0.1) is 0 Å². The SMILES string of the molecule is NC(=NO)c1cc(F)ccc1Oc1cccc(Cl)c1Cl. The van der Waals surface area contributed by atoms with Crippen molar-refractivity contribution >= 4 is 29.0 Å². The molecular formula is C13H9Cl2FN2O2. The van der Waals surface area contributed by atoms with Gasteiger partial charge < -0.3 is 15.7 Å². The molecule has 0 aliphatic heterocycles. The molecule has 0 saturated heterocycles. The van der Waals surface area contributed by atoms with Gasteiger partial charge in [-0.2, -0.15) is 0 Å². The zero-order chi connectivity index (χ0) is 14.7. The molecule has 0 fully saturated rings. The molecule has 0 radical (unpaired) electrons. The number of amidine groups is 1. The minimum absolute atomic E-state index is 0.101. The molecule has 2 aromatic rings. The van der Waals surface area contributed by atoms with Crippen molar-refractivity contribution in [2.75, 3.05) is 0 Å². The molecule has 0 bridgehead atoms. The first-order valence-electron chi connectivity index (χ1n) is 5.42. The topological polar surface area (TPSA) is 67.8 Å². The summed E-state index contributed by atoms with van der Waals surface area (Å²) in [5.41, 5.74) is 5.58. The highest BCUT2D eigenvalue weighted by molar-refractivity contribution is 6.42. The molecule has 0 aliphatic rings. The smallest absolute Gasteiger partial charge is 0.173 e. The number of hydrogen-bond donors (Lipinski definition) is 2. The van der Waals surface area contributed by atoms with Crippen LogP contribution in [0.1, 0.15) is 5.56 Å². The molecule has 7 heteroatoms. The van der Waals surface area contributed by atoms with Crippen molar-refractivity contribution in [1.29, 1.82) is 0 Å². The van der Waals surface area contributed by atoms with Gasteiger partial charge in [-0.3, -0.25) is 0 Å². The van der Waals surface area contributed by atoms with E-state index in [9.17, 15) is 4.39 Å². The normalized spacial score (nSPS) is 11.4. The first kappa shape index (κ1) is 14.4. The van der Waals surface area contributed by atoms with Crippen LogP contribution in [-0.4, -0.2) is 11.0 Å². The van der Waals surface area contributed by atoms with E-state index in [0.717, 1.165) is 6.07 Å². The Bertz CT molecular complexity index is 677. The van der Waals surface area contributed by atoms with E-state index in [1.54, 1.807) is 18.2 Å². The molecule has 0 heterocycles. The lowest BCUT2D eigenvalue weighted by Gasteiger charge is -2.12. The zero-order valence-corrected chi connectivity index (χ0v) is 11.5. The van der Waals surface area contributed by atoms with Crippen LogP contribution in [0.25, 0.3) is 0 Å². The number of halogens is 3. The molecule has 2 aromatic carbocycles. The van der Waals surface area contributed by atoms with Gasteiger partial charge in [-0.25, -0.2) is 4.39 Å². The molecular weight excluding hydrogens is 306 g/mol. The summed E-state index contributed by atoms with van der Waals surface area (Å²) in [5.74, 6) is -0.363. The van der Waals surface area contributed by atoms with E-state index in [1.807, 2.05) is 0 Å². The first-order valence-corrected chi connectivity index (χ1v) is 6.18. The van der Waals surface area contributed by atoms with Crippen LogP contribution >= 0.6 is 23.2 Å². The maximum Gasteiger partial charge on any atom is 0.173 e. The molecule has 104 valence electrons. The summed E-state index contributed by atoms with van der Waals surface area (Å²) >= 11 is 11.9. The van der Waals surface area contributed by atoms with Gasteiger partial charge >= 0.3 is 0 Å². The molecule has 4 nitrogen and oxygen atoms in total. The fourth-order valence-corrected chi connectivity index (χ4v) is 1.86. The lowest BCUT2D eigenvalue weighted by Crippen LogP contribution is -2.14. The van der Waals surface area contributed by atoms with Crippen molar-refractivity contribution in [1.82, 2.24) is 0 Å². The molecule has 0 spiro atoms. The Labute approximate surface area is 124 Å². The summed E-state index contributed by atoms with van der Waals surface area (Å²) in [5, 5.41) is 12.1. The fraction of sp³-hybridized carbons (Fsp3) is 0. The Hall–Kier alpha value is -1.98. The van der Waals surface area contributed by atoms with Crippen molar-refractivity contribution in [3.8, 4) is 11.5 Å². The summed E-state index contributed by atoms with van der Waals surface area (Å²) in [7, 11) is 0. The lowest BCUT2D eigenvalue weighted by atomic mass is 10.2. The van der Waals surface area contributed by atoms with Crippen molar-refractivity contribution in [2.45, 2.75) is 0 Å². The van der Waals surface area contributed by atoms with Crippen LogP contribution in [0, 0.1) is 5.82 Å². The lowest BCUT2D eigenvalue weighted by molar-refractivity contribution is 0.318. The van der Waals surface area contributed by atoms with Gasteiger partial charge in [0.2, 0.25) is 0 Å². The highest BCUT2D eigenvalue weighted by Gasteiger charge is 2.13. The van der Waals surface area contributed by atoms with Crippen molar-refractivity contribution in [3.05, 3.63) is 57.8 Å². The second kappa shape index (κ2) is 5.98. The molecule has 0 aliphatic carbocycles. The average molecular weight is 315 g/mol. The number of rotatable bonds is 3. The van der Waals surface area contributed by atoms with Gasteiger partial charge in [0.15, 0.2) is 5.84 Å². The summed E-state index contributed by atoms with van der Waals surface area (Å²) in [4.78, 5) is 0.